The lowest BCUT2D eigenvalue weighted by Gasteiger charge is -2.23. The van der Waals surface area contributed by atoms with Gasteiger partial charge in [0, 0.05) is 23.5 Å². The Balaban J connectivity index is 2.10. The number of aryl methyl sites for hydroxylation is 2. The number of hydrogen-bond acceptors (Lipinski definition) is 3. The highest BCUT2D eigenvalue weighted by Gasteiger charge is 2.27. The number of carbonyl (C=O) groups is 2. The maximum absolute atomic E-state index is 13.0. The van der Waals surface area contributed by atoms with Crippen LogP contribution in [0.2, 0.25) is 0 Å². The predicted octanol–water partition coefficient (Wildman–Crippen LogP) is 4.23. The first-order valence-electron chi connectivity index (χ1n) is 7.87. The lowest BCUT2D eigenvalue weighted by Crippen LogP contribution is -2.35. The molecule has 0 unspecified atom stereocenters. The molecule has 2 aromatic rings. The van der Waals surface area contributed by atoms with E-state index in [1.165, 1.54) is 11.8 Å². The van der Waals surface area contributed by atoms with Gasteiger partial charge in [0.15, 0.2) is 0 Å². The zero-order chi connectivity index (χ0) is 17.4. The minimum atomic E-state index is -0.306. The molecule has 0 aromatic heterocycles. The number of anilines is 2. The van der Waals surface area contributed by atoms with E-state index in [9.17, 15) is 9.59 Å². The fourth-order valence-corrected chi connectivity index (χ4v) is 3.47. The van der Waals surface area contributed by atoms with Crippen LogP contribution in [0.25, 0.3) is 0 Å². The minimum Gasteiger partial charge on any atom is -0.383 e. The molecule has 0 aliphatic carbocycles. The number of nitrogens with one attached hydrogen (secondary N) is 1. The van der Waals surface area contributed by atoms with Crippen molar-refractivity contribution < 1.29 is 9.59 Å². The second-order valence-electron chi connectivity index (χ2n) is 6.09. The molecule has 0 saturated heterocycles. The SMILES string of the molecule is CC(=O)N(C(=O)c1ccc(C)c(C)c1)c1cc(Br)cc2c1NCC2. The summed E-state index contributed by atoms with van der Waals surface area (Å²) < 4.78 is 0.860. The molecule has 1 aliphatic heterocycles. The Morgan fingerprint density at radius 3 is 2.54 bits per heavy atom. The molecule has 0 saturated carbocycles. The molecule has 2 aromatic carbocycles. The summed E-state index contributed by atoms with van der Waals surface area (Å²) in [6.07, 6.45) is 0.880. The number of nitrogens with zero attached hydrogens (tertiary/aromatic N) is 1. The fraction of sp³-hybridized carbons (Fsp3) is 0.263. The number of halogens is 1. The van der Waals surface area contributed by atoms with E-state index in [4.69, 9.17) is 0 Å². The van der Waals surface area contributed by atoms with Gasteiger partial charge in [-0.15, -0.1) is 0 Å². The molecule has 1 aliphatic rings. The van der Waals surface area contributed by atoms with Gasteiger partial charge in [-0.05, 0) is 61.2 Å². The molecule has 4 nitrogen and oxygen atoms in total. The third kappa shape index (κ3) is 2.96. The van der Waals surface area contributed by atoms with E-state index >= 15 is 0 Å². The summed E-state index contributed by atoms with van der Waals surface area (Å²) in [5.74, 6) is -0.605. The van der Waals surface area contributed by atoms with E-state index in [0.717, 1.165) is 39.8 Å². The van der Waals surface area contributed by atoms with E-state index in [1.807, 2.05) is 38.1 Å². The van der Waals surface area contributed by atoms with Crippen LogP contribution in [-0.4, -0.2) is 18.4 Å². The van der Waals surface area contributed by atoms with Crippen molar-refractivity contribution in [1.82, 2.24) is 0 Å². The Morgan fingerprint density at radius 2 is 1.88 bits per heavy atom. The van der Waals surface area contributed by atoms with Gasteiger partial charge in [-0.3, -0.25) is 9.59 Å². The van der Waals surface area contributed by atoms with Crippen LogP contribution >= 0.6 is 15.9 Å². The molecule has 0 fully saturated rings. The Bertz CT molecular complexity index is 846. The monoisotopic (exact) mass is 386 g/mol. The molecule has 1 heterocycles. The van der Waals surface area contributed by atoms with Crippen LogP contribution in [0.4, 0.5) is 11.4 Å². The van der Waals surface area contributed by atoms with Crippen LogP contribution in [0.5, 0.6) is 0 Å². The molecule has 2 amide bonds. The fourth-order valence-electron chi connectivity index (χ4n) is 2.97. The molecule has 1 N–H and O–H groups in total. The van der Waals surface area contributed by atoms with Crippen molar-refractivity contribution in [1.29, 1.82) is 0 Å². The summed E-state index contributed by atoms with van der Waals surface area (Å²) in [5.41, 5.74) is 5.24. The standard InChI is InChI=1S/C19H19BrN2O2/c1-11-4-5-15(8-12(11)2)19(24)22(13(3)23)17-10-16(20)9-14-6-7-21-18(14)17/h4-5,8-10,21H,6-7H2,1-3H3. The van der Waals surface area contributed by atoms with Crippen molar-refractivity contribution in [3.63, 3.8) is 0 Å². The number of rotatable bonds is 2. The summed E-state index contributed by atoms with van der Waals surface area (Å²) in [6, 6.07) is 9.35. The van der Waals surface area contributed by atoms with Crippen LogP contribution < -0.4 is 10.2 Å². The minimum absolute atomic E-state index is 0.299. The Morgan fingerprint density at radius 1 is 1.12 bits per heavy atom. The smallest absolute Gasteiger partial charge is 0.265 e. The highest BCUT2D eigenvalue weighted by molar-refractivity contribution is 9.10. The van der Waals surface area contributed by atoms with Crippen molar-refractivity contribution in [2.24, 2.45) is 0 Å². The molecule has 24 heavy (non-hydrogen) atoms. The van der Waals surface area contributed by atoms with Crippen molar-refractivity contribution in [2.75, 3.05) is 16.8 Å². The third-order valence-electron chi connectivity index (χ3n) is 4.37. The molecule has 0 atom stereocenters. The Kier molecular flexibility index (Phi) is 4.45. The average Bonchev–Trinajstić information content (AvgIpc) is 2.97. The molecule has 3 rings (SSSR count). The van der Waals surface area contributed by atoms with E-state index < -0.39 is 0 Å². The number of benzene rings is 2. The average molecular weight is 387 g/mol. The van der Waals surface area contributed by atoms with Gasteiger partial charge < -0.3 is 5.32 Å². The molecule has 124 valence electrons. The van der Waals surface area contributed by atoms with Crippen LogP contribution in [0.1, 0.15) is 34.0 Å². The van der Waals surface area contributed by atoms with Crippen molar-refractivity contribution in [3.05, 3.63) is 57.1 Å². The van der Waals surface area contributed by atoms with Gasteiger partial charge in [0.25, 0.3) is 5.91 Å². The van der Waals surface area contributed by atoms with E-state index in [1.54, 1.807) is 6.07 Å². The van der Waals surface area contributed by atoms with Crippen molar-refractivity contribution in [2.45, 2.75) is 27.2 Å². The molecule has 0 bridgehead atoms. The van der Waals surface area contributed by atoms with Crippen LogP contribution in [0.15, 0.2) is 34.8 Å². The molecule has 5 heteroatoms. The zero-order valence-electron chi connectivity index (χ0n) is 13.9. The summed E-state index contributed by atoms with van der Waals surface area (Å²) in [5, 5.41) is 3.29. The van der Waals surface area contributed by atoms with Gasteiger partial charge in [0.1, 0.15) is 0 Å². The van der Waals surface area contributed by atoms with Gasteiger partial charge in [0.2, 0.25) is 5.91 Å². The van der Waals surface area contributed by atoms with E-state index in [-0.39, 0.29) is 11.8 Å². The quantitative estimate of drug-likeness (QED) is 0.839. The summed E-state index contributed by atoms with van der Waals surface area (Å²) in [7, 11) is 0. The lowest BCUT2D eigenvalue weighted by molar-refractivity contribution is -0.115. The summed E-state index contributed by atoms with van der Waals surface area (Å²) >= 11 is 3.48. The summed E-state index contributed by atoms with van der Waals surface area (Å²) in [4.78, 5) is 26.6. The van der Waals surface area contributed by atoms with Gasteiger partial charge in [-0.2, -0.15) is 0 Å². The normalized spacial score (nSPS) is 12.5. The van der Waals surface area contributed by atoms with Gasteiger partial charge in [0.05, 0.1) is 11.4 Å². The lowest BCUT2D eigenvalue weighted by atomic mass is 10.0. The Hall–Kier alpha value is -2.14. The molecular weight excluding hydrogens is 368 g/mol. The van der Waals surface area contributed by atoms with Gasteiger partial charge in [-0.25, -0.2) is 4.90 Å². The van der Waals surface area contributed by atoms with E-state index in [0.29, 0.717) is 11.3 Å². The second kappa shape index (κ2) is 6.40. The highest BCUT2D eigenvalue weighted by Crippen LogP contribution is 2.37. The maximum atomic E-state index is 13.0. The zero-order valence-corrected chi connectivity index (χ0v) is 15.5. The number of fused-ring (bicyclic) bond motifs is 1. The molecule has 0 spiro atoms. The van der Waals surface area contributed by atoms with Crippen LogP contribution in [0.3, 0.4) is 0 Å². The van der Waals surface area contributed by atoms with Crippen LogP contribution in [0, 0.1) is 13.8 Å². The van der Waals surface area contributed by atoms with Crippen LogP contribution in [-0.2, 0) is 11.2 Å². The second-order valence-corrected chi connectivity index (χ2v) is 7.01. The molecular formula is C19H19BrN2O2. The van der Waals surface area contributed by atoms with E-state index in [2.05, 4.69) is 21.2 Å². The topological polar surface area (TPSA) is 49.4 Å². The Labute approximate surface area is 150 Å². The maximum Gasteiger partial charge on any atom is 0.265 e. The van der Waals surface area contributed by atoms with Gasteiger partial charge in [-0.1, -0.05) is 22.0 Å². The molecule has 0 radical (unpaired) electrons. The number of carbonyl (C=O) groups excluding carboxylic acids is 2. The summed E-state index contributed by atoms with van der Waals surface area (Å²) in [6.45, 7) is 6.18. The first-order chi connectivity index (χ1) is 11.4. The first kappa shape index (κ1) is 16.7. The predicted molar refractivity (Wildman–Crippen MR) is 99.7 cm³/mol. The number of imide groups is 1. The van der Waals surface area contributed by atoms with Gasteiger partial charge >= 0.3 is 0 Å². The largest absolute Gasteiger partial charge is 0.383 e. The number of hydrogen-bond donors (Lipinski definition) is 1. The number of amides is 2. The first-order valence-corrected chi connectivity index (χ1v) is 8.66. The highest BCUT2D eigenvalue weighted by atomic mass is 79.9. The van der Waals surface area contributed by atoms with Crippen molar-refractivity contribution >= 4 is 39.1 Å². The third-order valence-corrected chi connectivity index (χ3v) is 4.83. The van der Waals surface area contributed by atoms with Crippen molar-refractivity contribution in [3.8, 4) is 0 Å².